The van der Waals surface area contributed by atoms with E-state index in [4.69, 9.17) is 5.11 Å². The van der Waals surface area contributed by atoms with Gasteiger partial charge in [-0.3, -0.25) is 4.79 Å². The summed E-state index contributed by atoms with van der Waals surface area (Å²) in [6.07, 6.45) is 5.58. The first-order chi connectivity index (χ1) is 5.29. The molecule has 0 bridgehead atoms. The summed E-state index contributed by atoms with van der Waals surface area (Å²) in [5, 5.41) is 12.2. The number of aliphatic carboxylic acids is 1. The Labute approximate surface area is 69.3 Å². The SMILES string of the molecule is O=C(O)CC1=CC=CSC=C1. The van der Waals surface area contributed by atoms with Gasteiger partial charge in [0, 0.05) is 0 Å². The van der Waals surface area contributed by atoms with Crippen molar-refractivity contribution in [1.82, 2.24) is 0 Å². The summed E-state index contributed by atoms with van der Waals surface area (Å²) in [5.41, 5.74) is 0.832. The topological polar surface area (TPSA) is 37.3 Å². The Bertz CT molecular complexity index is 238. The third-order valence-electron chi connectivity index (χ3n) is 1.18. The average Bonchev–Trinajstić information content (AvgIpc) is 2.14. The van der Waals surface area contributed by atoms with Crippen LogP contribution < -0.4 is 0 Å². The minimum absolute atomic E-state index is 0.0986. The normalized spacial score (nSPS) is 15.8. The Hall–Kier alpha value is -0.960. The molecule has 1 heterocycles. The zero-order chi connectivity index (χ0) is 8.10. The molecule has 3 heteroatoms. The van der Waals surface area contributed by atoms with Crippen molar-refractivity contribution in [3.05, 3.63) is 34.6 Å². The summed E-state index contributed by atoms with van der Waals surface area (Å²) in [6, 6.07) is 0. The molecule has 0 unspecified atom stereocenters. The largest absolute Gasteiger partial charge is 0.481 e. The van der Waals surface area contributed by atoms with Crippen LogP contribution in [-0.2, 0) is 4.79 Å². The maximum atomic E-state index is 10.3. The highest BCUT2D eigenvalue weighted by atomic mass is 32.2. The number of carboxylic acids is 1. The molecule has 0 radical (unpaired) electrons. The molecule has 0 spiro atoms. The van der Waals surface area contributed by atoms with Crippen molar-refractivity contribution in [2.75, 3.05) is 0 Å². The van der Waals surface area contributed by atoms with E-state index in [-0.39, 0.29) is 6.42 Å². The third-order valence-corrected chi connectivity index (χ3v) is 1.79. The van der Waals surface area contributed by atoms with Gasteiger partial charge in [-0.1, -0.05) is 18.2 Å². The van der Waals surface area contributed by atoms with E-state index in [9.17, 15) is 4.79 Å². The number of allylic oxidation sites excluding steroid dienone is 3. The summed E-state index contributed by atoms with van der Waals surface area (Å²) in [7, 11) is 0. The van der Waals surface area contributed by atoms with Crippen molar-refractivity contribution in [2.24, 2.45) is 0 Å². The summed E-state index contributed by atoms with van der Waals surface area (Å²) in [4.78, 5) is 10.3. The molecule has 2 nitrogen and oxygen atoms in total. The Morgan fingerprint density at radius 1 is 1.55 bits per heavy atom. The summed E-state index contributed by atoms with van der Waals surface area (Å²) >= 11 is 1.54. The minimum Gasteiger partial charge on any atom is -0.481 e. The first-order valence-corrected chi connectivity index (χ1v) is 4.13. The van der Waals surface area contributed by atoms with Crippen LogP contribution in [0.1, 0.15) is 6.42 Å². The summed E-state index contributed by atoms with van der Waals surface area (Å²) in [5.74, 6) is -0.791. The Balaban J connectivity index is 2.62. The molecular weight excluding hydrogens is 160 g/mol. The van der Waals surface area contributed by atoms with Gasteiger partial charge in [-0.05, 0) is 16.4 Å². The highest BCUT2D eigenvalue weighted by Crippen LogP contribution is 2.14. The molecule has 0 aromatic carbocycles. The van der Waals surface area contributed by atoms with E-state index in [1.165, 1.54) is 0 Å². The van der Waals surface area contributed by atoms with Crippen molar-refractivity contribution in [2.45, 2.75) is 6.42 Å². The maximum Gasteiger partial charge on any atom is 0.307 e. The number of thioether (sulfide) groups is 1. The van der Waals surface area contributed by atoms with Crippen molar-refractivity contribution in [3.8, 4) is 0 Å². The molecule has 1 aliphatic heterocycles. The van der Waals surface area contributed by atoms with Gasteiger partial charge in [-0.15, -0.1) is 11.8 Å². The Kier molecular flexibility index (Phi) is 2.98. The lowest BCUT2D eigenvalue weighted by molar-refractivity contribution is -0.136. The van der Waals surface area contributed by atoms with Gasteiger partial charge in [0.1, 0.15) is 0 Å². The molecule has 0 aromatic heterocycles. The van der Waals surface area contributed by atoms with Crippen molar-refractivity contribution in [1.29, 1.82) is 0 Å². The predicted octanol–water partition coefficient (Wildman–Crippen LogP) is 2.16. The van der Waals surface area contributed by atoms with Gasteiger partial charge < -0.3 is 5.11 Å². The minimum atomic E-state index is -0.791. The second-order valence-corrected chi connectivity index (χ2v) is 2.90. The lowest BCUT2D eigenvalue weighted by Crippen LogP contribution is -1.94. The van der Waals surface area contributed by atoms with Gasteiger partial charge in [0.15, 0.2) is 0 Å². The molecule has 1 N–H and O–H groups in total. The van der Waals surface area contributed by atoms with Crippen molar-refractivity contribution >= 4 is 17.7 Å². The van der Waals surface area contributed by atoms with Crippen LogP contribution in [0.2, 0.25) is 0 Å². The highest BCUT2D eigenvalue weighted by Gasteiger charge is 1.99. The van der Waals surface area contributed by atoms with E-state index < -0.39 is 5.97 Å². The molecule has 0 aliphatic carbocycles. The second kappa shape index (κ2) is 4.03. The van der Waals surface area contributed by atoms with Crippen LogP contribution in [0.25, 0.3) is 0 Å². The van der Waals surface area contributed by atoms with Crippen molar-refractivity contribution < 1.29 is 9.90 Å². The molecule has 11 heavy (non-hydrogen) atoms. The monoisotopic (exact) mass is 168 g/mol. The standard InChI is InChI=1S/C8H8O2S/c9-8(10)6-7-2-1-4-11-5-3-7/h1-5H,6H2,(H,9,10). The van der Waals surface area contributed by atoms with Crippen LogP contribution in [-0.4, -0.2) is 11.1 Å². The fourth-order valence-corrected chi connectivity index (χ4v) is 1.24. The predicted molar refractivity (Wildman–Crippen MR) is 46.2 cm³/mol. The molecule has 58 valence electrons. The average molecular weight is 168 g/mol. The van der Waals surface area contributed by atoms with E-state index >= 15 is 0 Å². The number of hydrogen-bond acceptors (Lipinski definition) is 2. The quantitative estimate of drug-likeness (QED) is 0.686. The van der Waals surface area contributed by atoms with E-state index in [2.05, 4.69) is 0 Å². The van der Waals surface area contributed by atoms with Crippen LogP contribution in [0.4, 0.5) is 0 Å². The van der Waals surface area contributed by atoms with Crippen LogP contribution in [0.3, 0.4) is 0 Å². The van der Waals surface area contributed by atoms with Gasteiger partial charge in [0.25, 0.3) is 0 Å². The molecule has 0 aromatic rings. The maximum absolute atomic E-state index is 10.3. The molecule has 1 rings (SSSR count). The van der Waals surface area contributed by atoms with Gasteiger partial charge in [-0.2, -0.15) is 0 Å². The molecular formula is C8H8O2S. The van der Waals surface area contributed by atoms with E-state index in [0.717, 1.165) is 5.57 Å². The number of carboxylic acid groups (broad SMARTS) is 1. The number of hydrogen-bond donors (Lipinski definition) is 1. The molecule has 0 saturated carbocycles. The van der Waals surface area contributed by atoms with Gasteiger partial charge >= 0.3 is 5.97 Å². The van der Waals surface area contributed by atoms with Gasteiger partial charge in [0.05, 0.1) is 6.42 Å². The van der Waals surface area contributed by atoms with Crippen LogP contribution in [0.15, 0.2) is 34.6 Å². The van der Waals surface area contributed by atoms with Crippen LogP contribution >= 0.6 is 11.8 Å². The molecule has 0 fully saturated rings. The fraction of sp³-hybridized carbons (Fsp3) is 0.125. The van der Waals surface area contributed by atoms with Gasteiger partial charge in [-0.25, -0.2) is 0 Å². The number of carbonyl (C=O) groups is 1. The third kappa shape index (κ3) is 3.09. The lowest BCUT2D eigenvalue weighted by Gasteiger charge is -1.92. The Morgan fingerprint density at radius 2 is 2.36 bits per heavy atom. The van der Waals surface area contributed by atoms with Crippen molar-refractivity contribution in [3.63, 3.8) is 0 Å². The first kappa shape index (κ1) is 8.14. The molecule has 0 amide bonds. The molecule has 0 saturated heterocycles. The van der Waals surface area contributed by atoms with E-state index in [1.54, 1.807) is 11.8 Å². The second-order valence-electron chi connectivity index (χ2n) is 2.08. The van der Waals surface area contributed by atoms with Crippen LogP contribution in [0.5, 0.6) is 0 Å². The zero-order valence-corrected chi connectivity index (χ0v) is 6.67. The summed E-state index contributed by atoms with van der Waals surface area (Å²) in [6.45, 7) is 0. The van der Waals surface area contributed by atoms with Gasteiger partial charge in [0.2, 0.25) is 0 Å². The van der Waals surface area contributed by atoms with E-state index in [1.807, 2.05) is 29.0 Å². The smallest absolute Gasteiger partial charge is 0.307 e. The summed E-state index contributed by atoms with van der Waals surface area (Å²) < 4.78 is 0. The zero-order valence-electron chi connectivity index (χ0n) is 5.86. The lowest BCUT2D eigenvalue weighted by atomic mass is 10.2. The first-order valence-electron chi connectivity index (χ1n) is 3.18. The number of rotatable bonds is 2. The Morgan fingerprint density at radius 3 is 3.09 bits per heavy atom. The fourth-order valence-electron chi connectivity index (χ4n) is 0.728. The highest BCUT2D eigenvalue weighted by molar-refractivity contribution is 8.04. The molecule has 1 aliphatic rings. The van der Waals surface area contributed by atoms with E-state index in [0.29, 0.717) is 0 Å². The molecule has 0 atom stereocenters. The van der Waals surface area contributed by atoms with Crippen LogP contribution in [0, 0.1) is 0 Å².